The van der Waals surface area contributed by atoms with Crippen LogP contribution in [0.1, 0.15) is 19.4 Å². The molecule has 25 heavy (non-hydrogen) atoms. The Morgan fingerprint density at radius 1 is 1.20 bits per heavy atom. The highest BCUT2D eigenvalue weighted by atomic mass is 32.2. The molecule has 6 heteroatoms. The molecule has 1 aromatic carbocycles. The summed E-state index contributed by atoms with van der Waals surface area (Å²) in [6.07, 6.45) is -0.483. The smallest absolute Gasteiger partial charge is 0.161 e. The fraction of sp³-hybridized carbons (Fsp3) is 0.684. The van der Waals surface area contributed by atoms with Gasteiger partial charge in [0.25, 0.3) is 0 Å². The van der Waals surface area contributed by atoms with E-state index in [2.05, 4.69) is 29.7 Å². The first-order valence-corrected chi connectivity index (χ1v) is 10.3. The lowest BCUT2D eigenvalue weighted by molar-refractivity contribution is 0.0704. The molecular weight excluding hydrogens is 336 g/mol. The third-order valence-corrected chi connectivity index (χ3v) is 5.48. The number of thioether (sulfide) groups is 1. The van der Waals surface area contributed by atoms with E-state index in [-0.39, 0.29) is 6.61 Å². The fourth-order valence-electron chi connectivity index (χ4n) is 2.96. The van der Waals surface area contributed by atoms with Gasteiger partial charge in [-0.2, -0.15) is 11.8 Å². The predicted molar refractivity (Wildman–Crippen MR) is 105 cm³/mol. The van der Waals surface area contributed by atoms with Crippen LogP contribution in [0.3, 0.4) is 0 Å². The minimum Gasteiger partial charge on any atom is -0.493 e. The summed E-state index contributed by atoms with van der Waals surface area (Å²) < 4.78 is 11.3. The number of ether oxygens (including phenoxy) is 2. The number of hydrogen-bond acceptors (Lipinski definition) is 6. The van der Waals surface area contributed by atoms with E-state index in [0.717, 1.165) is 50.0 Å². The molecule has 0 unspecified atom stereocenters. The summed E-state index contributed by atoms with van der Waals surface area (Å²) in [5.41, 5.74) is 1.21. The first-order valence-electron chi connectivity index (χ1n) is 9.16. The standard InChI is InChI=1S/C19H32N2O3S/c1-4-20(5-2)13-16-6-7-18(19(12-16)23-3)24-15-17(22)14-21-8-10-25-11-9-21/h6-7,12,17,22H,4-5,8-11,13-15H2,1-3H3/t17-/m1/s1. The zero-order chi connectivity index (χ0) is 18.1. The summed E-state index contributed by atoms with van der Waals surface area (Å²) in [7, 11) is 1.66. The molecule has 0 radical (unpaired) electrons. The van der Waals surface area contributed by atoms with Crippen molar-refractivity contribution in [2.75, 3.05) is 57.9 Å². The largest absolute Gasteiger partial charge is 0.493 e. The van der Waals surface area contributed by atoms with Gasteiger partial charge in [-0.15, -0.1) is 0 Å². The van der Waals surface area contributed by atoms with E-state index in [9.17, 15) is 5.11 Å². The lowest BCUT2D eigenvalue weighted by Gasteiger charge is -2.28. The Morgan fingerprint density at radius 3 is 2.56 bits per heavy atom. The van der Waals surface area contributed by atoms with Crippen molar-refractivity contribution in [3.8, 4) is 11.5 Å². The third kappa shape index (κ3) is 6.70. The van der Waals surface area contributed by atoms with Crippen LogP contribution in [0.5, 0.6) is 11.5 Å². The van der Waals surface area contributed by atoms with Gasteiger partial charge in [0, 0.05) is 37.7 Å². The molecular formula is C19H32N2O3S. The minimum absolute atomic E-state index is 0.287. The van der Waals surface area contributed by atoms with Gasteiger partial charge in [0.05, 0.1) is 7.11 Å². The fourth-order valence-corrected chi connectivity index (χ4v) is 3.93. The molecule has 0 aliphatic carbocycles. The average Bonchev–Trinajstić information content (AvgIpc) is 2.65. The molecule has 1 N–H and O–H groups in total. The van der Waals surface area contributed by atoms with E-state index in [1.165, 1.54) is 5.56 Å². The zero-order valence-electron chi connectivity index (χ0n) is 15.7. The van der Waals surface area contributed by atoms with E-state index in [4.69, 9.17) is 9.47 Å². The van der Waals surface area contributed by atoms with Gasteiger partial charge in [0.15, 0.2) is 11.5 Å². The Kier molecular flexibility index (Phi) is 8.89. The van der Waals surface area contributed by atoms with Gasteiger partial charge in [0.2, 0.25) is 0 Å². The number of nitrogens with zero attached hydrogens (tertiary/aromatic N) is 2. The van der Waals surface area contributed by atoms with Gasteiger partial charge in [-0.1, -0.05) is 19.9 Å². The Labute approximate surface area is 156 Å². The highest BCUT2D eigenvalue weighted by Gasteiger charge is 2.16. The summed E-state index contributed by atoms with van der Waals surface area (Å²) in [5, 5.41) is 10.2. The van der Waals surface area contributed by atoms with Crippen LogP contribution >= 0.6 is 11.8 Å². The van der Waals surface area contributed by atoms with Crippen molar-refractivity contribution >= 4 is 11.8 Å². The zero-order valence-corrected chi connectivity index (χ0v) is 16.6. The summed E-state index contributed by atoms with van der Waals surface area (Å²) >= 11 is 1.97. The van der Waals surface area contributed by atoms with Crippen LogP contribution in [-0.2, 0) is 6.54 Å². The van der Waals surface area contributed by atoms with Gasteiger partial charge in [0.1, 0.15) is 12.7 Å². The Hall–Kier alpha value is -0.950. The van der Waals surface area contributed by atoms with Gasteiger partial charge < -0.3 is 14.6 Å². The van der Waals surface area contributed by atoms with Gasteiger partial charge in [-0.3, -0.25) is 9.80 Å². The molecule has 1 fully saturated rings. The molecule has 1 aliphatic rings. The van der Waals surface area contributed by atoms with E-state index >= 15 is 0 Å². The molecule has 0 amide bonds. The van der Waals surface area contributed by atoms with Gasteiger partial charge in [-0.05, 0) is 30.8 Å². The number of β-amino-alcohol motifs (C(OH)–C–C–N with tert-alkyl or cyclic N) is 1. The van der Waals surface area contributed by atoms with Crippen LogP contribution in [0.4, 0.5) is 0 Å². The monoisotopic (exact) mass is 368 g/mol. The number of rotatable bonds is 10. The van der Waals surface area contributed by atoms with Crippen molar-refractivity contribution in [1.29, 1.82) is 0 Å². The minimum atomic E-state index is -0.483. The SMILES string of the molecule is CCN(CC)Cc1ccc(OC[C@H](O)CN2CCSCC2)c(OC)c1. The summed E-state index contributed by atoms with van der Waals surface area (Å²) in [6, 6.07) is 6.05. The second-order valence-electron chi connectivity index (χ2n) is 6.32. The lowest BCUT2D eigenvalue weighted by atomic mass is 10.2. The van der Waals surface area contributed by atoms with Crippen LogP contribution in [-0.4, -0.2) is 79.0 Å². The number of benzene rings is 1. The highest BCUT2D eigenvalue weighted by Crippen LogP contribution is 2.28. The summed E-state index contributed by atoms with van der Waals surface area (Å²) in [4.78, 5) is 4.66. The van der Waals surface area contributed by atoms with Gasteiger partial charge >= 0.3 is 0 Å². The molecule has 0 bridgehead atoms. The maximum Gasteiger partial charge on any atom is 0.161 e. The van der Waals surface area contributed by atoms with Crippen LogP contribution in [0.15, 0.2) is 18.2 Å². The van der Waals surface area contributed by atoms with Gasteiger partial charge in [-0.25, -0.2) is 0 Å². The molecule has 1 heterocycles. The highest BCUT2D eigenvalue weighted by molar-refractivity contribution is 7.99. The Balaban J connectivity index is 1.87. The molecule has 0 saturated carbocycles. The second kappa shape index (κ2) is 10.9. The van der Waals surface area contributed by atoms with Crippen molar-refractivity contribution in [3.63, 3.8) is 0 Å². The van der Waals surface area contributed by atoms with Crippen molar-refractivity contribution in [3.05, 3.63) is 23.8 Å². The molecule has 5 nitrogen and oxygen atoms in total. The first-order chi connectivity index (χ1) is 12.2. The van der Waals surface area contributed by atoms with E-state index in [1.807, 2.05) is 23.9 Å². The van der Waals surface area contributed by atoms with Crippen LogP contribution < -0.4 is 9.47 Å². The maximum absolute atomic E-state index is 10.2. The molecule has 0 aromatic heterocycles. The third-order valence-electron chi connectivity index (χ3n) is 4.53. The Bertz CT molecular complexity index is 505. The van der Waals surface area contributed by atoms with E-state index < -0.39 is 6.10 Å². The summed E-state index contributed by atoms with van der Waals surface area (Å²) in [5.74, 6) is 3.72. The van der Waals surface area contributed by atoms with Crippen molar-refractivity contribution in [2.24, 2.45) is 0 Å². The number of aliphatic hydroxyl groups excluding tert-OH is 1. The molecule has 0 spiro atoms. The Morgan fingerprint density at radius 2 is 1.92 bits per heavy atom. The normalized spacial score (nSPS) is 16.8. The van der Waals surface area contributed by atoms with Crippen molar-refractivity contribution in [1.82, 2.24) is 9.80 Å². The van der Waals surface area contributed by atoms with Crippen LogP contribution in [0.25, 0.3) is 0 Å². The molecule has 2 rings (SSSR count). The topological polar surface area (TPSA) is 45.2 Å². The molecule has 142 valence electrons. The number of aliphatic hydroxyl groups is 1. The van der Waals surface area contributed by atoms with Crippen LogP contribution in [0.2, 0.25) is 0 Å². The molecule has 1 aliphatic heterocycles. The molecule has 1 saturated heterocycles. The first kappa shape index (κ1) is 20.4. The van der Waals surface area contributed by atoms with Crippen LogP contribution in [0, 0.1) is 0 Å². The predicted octanol–water partition coefficient (Wildman–Crippen LogP) is 2.33. The van der Waals surface area contributed by atoms with Crippen molar-refractivity contribution < 1.29 is 14.6 Å². The number of hydrogen-bond donors (Lipinski definition) is 1. The molecule has 1 atom stereocenters. The maximum atomic E-state index is 10.2. The lowest BCUT2D eigenvalue weighted by Crippen LogP contribution is -2.40. The molecule has 1 aromatic rings. The average molecular weight is 369 g/mol. The number of methoxy groups -OCH3 is 1. The van der Waals surface area contributed by atoms with Crippen molar-refractivity contribution in [2.45, 2.75) is 26.5 Å². The summed E-state index contributed by atoms with van der Waals surface area (Å²) in [6.45, 7) is 10.3. The second-order valence-corrected chi connectivity index (χ2v) is 7.55. The van der Waals surface area contributed by atoms with E-state index in [1.54, 1.807) is 7.11 Å². The quantitative estimate of drug-likeness (QED) is 0.684. The van der Waals surface area contributed by atoms with E-state index in [0.29, 0.717) is 12.3 Å².